The first kappa shape index (κ1) is 30.9. The molecule has 218 valence electrons. The predicted octanol–water partition coefficient (Wildman–Crippen LogP) is 2.87. The molecule has 0 N–H and O–H groups in total. The molecule has 4 aliphatic rings. The summed E-state index contributed by atoms with van der Waals surface area (Å²) in [5, 5.41) is 0. The Morgan fingerprint density at radius 2 is 1.29 bits per heavy atom. The Labute approximate surface area is 223 Å². The highest BCUT2D eigenvalue weighted by atomic mass is 32.2. The summed E-state index contributed by atoms with van der Waals surface area (Å²) in [5.74, 6) is 6.33. The molecule has 9 atom stereocenters. The third kappa shape index (κ3) is 8.17. The van der Waals surface area contributed by atoms with Crippen LogP contribution >= 0.6 is 0 Å². The molecule has 0 aromatic heterocycles. The number of hydrogen-bond acceptors (Lipinski definition) is 10. The first-order valence-electron chi connectivity index (χ1n) is 13.1. The summed E-state index contributed by atoms with van der Waals surface area (Å²) in [6, 6.07) is 0. The lowest BCUT2D eigenvalue weighted by atomic mass is 9.62. The molecule has 0 saturated heterocycles. The van der Waals surface area contributed by atoms with Crippen molar-refractivity contribution < 1.29 is 54.9 Å². The van der Waals surface area contributed by atoms with Crippen molar-refractivity contribution in [3.63, 3.8) is 0 Å². The van der Waals surface area contributed by atoms with Gasteiger partial charge in [0.2, 0.25) is 0 Å². The van der Waals surface area contributed by atoms with E-state index in [9.17, 15) is 13.6 Å². The number of carbonyl (C=O) groups is 1. The summed E-state index contributed by atoms with van der Waals surface area (Å²) in [4.78, 5) is 21.1. The van der Waals surface area contributed by atoms with E-state index >= 15 is 0 Å². The number of carbonyl (C=O) groups excluding carboxylic acids is 1. The van der Waals surface area contributed by atoms with Gasteiger partial charge in [0.15, 0.2) is 0 Å². The second kappa shape index (κ2) is 15.2. The molecule has 4 fully saturated rings. The Bertz CT molecular complexity index is 890. The maximum absolute atomic E-state index is 12.8. The zero-order valence-electron chi connectivity index (χ0n) is 21.7. The van der Waals surface area contributed by atoms with Crippen LogP contribution in [0, 0.1) is 59.5 Å². The van der Waals surface area contributed by atoms with E-state index in [1.165, 1.54) is 19.1 Å². The lowest BCUT2D eigenvalue weighted by Crippen LogP contribution is -2.41. The molecular weight excluding hydrogens is 530 g/mol. The van der Waals surface area contributed by atoms with Crippen molar-refractivity contribution in [2.24, 2.45) is 53.3 Å². The average molecular weight is 568 g/mol. The van der Waals surface area contributed by atoms with Crippen LogP contribution in [0.1, 0.15) is 33.1 Å². The zero-order chi connectivity index (χ0) is 27.7. The van der Waals surface area contributed by atoms with E-state index in [4.69, 9.17) is 31.6 Å². The van der Waals surface area contributed by atoms with Gasteiger partial charge in [-0.2, -0.15) is 6.26 Å². The van der Waals surface area contributed by atoms with E-state index < -0.39 is 16.7 Å². The van der Waals surface area contributed by atoms with Crippen molar-refractivity contribution >= 4 is 16.6 Å². The van der Waals surface area contributed by atoms with Crippen LogP contribution in [0.25, 0.3) is 0 Å². The Kier molecular flexibility index (Phi) is 12.4. The number of rotatable bonds is 15. The van der Waals surface area contributed by atoms with E-state index in [-0.39, 0.29) is 31.7 Å². The lowest BCUT2D eigenvalue weighted by molar-refractivity contribution is -0.266. The van der Waals surface area contributed by atoms with E-state index in [0.29, 0.717) is 39.0 Å². The number of halogens is 2. The van der Waals surface area contributed by atoms with E-state index in [2.05, 4.69) is 23.6 Å². The molecule has 4 saturated carbocycles. The molecule has 4 aliphatic carbocycles. The van der Waals surface area contributed by atoms with Crippen molar-refractivity contribution in [3.8, 4) is 0 Å². The van der Waals surface area contributed by atoms with Gasteiger partial charge in [0.1, 0.15) is 19.3 Å². The average Bonchev–Trinajstić information content (AvgIpc) is 3.61. The van der Waals surface area contributed by atoms with Gasteiger partial charge in [-0.15, -0.1) is 12.6 Å². The quantitative estimate of drug-likeness (QED) is 0.0555. The van der Waals surface area contributed by atoms with Crippen LogP contribution in [0.15, 0.2) is 6.08 Å². The maximum atomic E-state index is 12.8. The summed E-state index contributed by atoms with van der Waals surface area (Å²) in [5.41, 5.74) is 0. The largest absolute Gasteiger partial charge is 0.542 e. The molecule has 0 aromatic carbocycles. The summed E-state index contributed by atoms with van der Waals surface area (Å²) >= 11 is 0. The molecule has 4 rings (SSSR count). The fourth-order valence-corrected chi connectivity index (χ4v) is 7.54. The van der Waals surface area contributed by atoms with Gasteiger partial charge in [0.05, 0.1) is 45.6 Å². The predicted molar refractivity (Wildman–Crippen MR) is 126 cm³/mol. The Balaban J connectivity index is 0.000000934. The minimum absolute atomic E-state index is 0.00500. The fraction of sp³-hybridized carbons (Fsp3) is 0.880. The molecule has 10 nitrogen and oxygen atoms in total. The number of hydrogen-bond donors (Lipinski definition) is 0. The van der Waals surface area contributed by atoms with Crippen LogP contribution < -0.4 is 0 Å². The normalized spacial score (nSPS) is 33.8. The number of esters is 1. The highest BCUT2D eigenvalue weighted by Crippen LogP contribution is 2.71. The molecule has 38 heavy (non-hydrogen) atoms. The SMILES string of the molecule is CC1C(C)C2CC1C1C3CC(C(=O)OCCOCCOCCOCCOO[C-]=C(F)F)C(C3)C21.O=S(=O)=O. The van der Waals surface area contributed by atoms with Gasteiger partial charge in [0.25, 0.3) is 0 Å². The summed E-state index contributed by atoms with van der Waals surface area (Å²) < 4.78 is 70.2. The second-order valence-corrected chi connectivity index (χ2v) is 10.8. The smallest absolute Gasteiger partial charge is 0.425 e. The first-order valence-corrected chi connectivity index (χ1v) is 14.1. The third-order valence-electron chi connectivity index (χ3n) is 8.85. The van der Waals surface area contributed by atoms with Gasteiger partial charge < -0.3 is 23.8 Å². The number of ether oxygens (including phenoxy) is 4. The van der Waals surface area contributed by atoms with Crippen molar-refractivity contribution in [2.75, 3.05) is 52.9 Å². The molecular formula is C25H37F2O10S-. The van der Waals surface area contributed by atoms with Crippen LogP contribution in [0.3, 0.4) is 0 Å². The topological polar surface area (TPSA) is 124 Å². The summed E-state index contributed by atoms with van der Waals surface area (Å²) in [7, 11) is -3.11. The molecule has 13 heteroatoms. The van der Waals surface area contributed by atoms with Crippen molar-refractivity contribution in [3.05, 3.63) is 12.3 Å². The standard InChI is InChI=1S/C25H37F2O7.O3S/c1-15-16(2)19-13-18(15)23-17-11-20(24(19)23)21(12-17)25(28)32-9-7-30-5-3-29-4-6-31-8-10-33-34-14-22(26)27;1-4(2)3/h15-21,23-24H,3-13H2,1-2H3;/q-1;. The lowest BCUT2D eigenvalue weighted by Gasteiger charge is -2.43. The van der Waals surface area contributed by atoms with Crippen molar-refractivity contribution in [1.29, 1.82) is 0 Å². The zero-order valence-corrected chi connectivity index (χ0v) is 22.5. The fourth-order valence-electron chi connectivity index (χ4n) is 7.54. The molecule has 0 radical (unpaired) electrons. The van der Waals surface area contributed by atoms with Crippen LogP contribution in [0.4, 0.5) is 8.78 Å². The highest BCUT2D eigenvalue weighted by molar-refractivity contribution is 7.59. The van der Waals surface area contributed by atoms with Gasteiger partial charge >= 0.3 is 16.6 Å². The van der Waals surface area contributed by atoms with Gasteiger partial charge in [0, 0.05) is 0 Å². The van der Waals surface area contributed by atoms with Crippen LogP contribution in [0.2, 0.25) is 0 Å². The molecule has 0 heterocycles. The minimum Gasteiger partial charge on any atom is -0.542 e. The van der Waals surface area contributed by atoms with Gasteiger partial charge in [-0.3, -0.25) is 4.79 Å². The molecule has 0 amide bonds. The second-order valence-electron chi connectivity index (χ2n) is 10.4. The van der Waals surface area contributed by atoms with Crippen LogP contribution in [-0.2, 0) is 44.1 Å². The first-order chi connectivity index (χ1) is 18.2. The van der Waals surface area contributed by atoms with Crippen molar-refractivity contribution in [2.45, 2.75) is 33.1 Å². The van der Waals surface area contributed by atoms with E-state index in [0.717, 1.165) is 47.8 Å². The van der Waals surface area contributed by atoms with E-state index in [1.807, 2.05) is 0 Å². The Morgan fingerprint density at radius 1 is 0.763 bits per heavy atom. The Morgan fingerprint density at radius 3 is 1.87 bits per heavy atom. The van der Waals surface area contributed by atoms with Gasteiger partial charge in [-0.1, -0.05) is 13.8 Å². The summed E-state index contributed by atoms with van der Waals surface area (Å²) in [6.45, 7) is 7.21. The third-order valence-corrected chi connectivity index (χ3v) is 8.85. The molecule has 0 aliphatic heterocycles. The maximum Gasteiger partial charge on any atom is 0.425 e. The summed E-state index contributed by atoms with van der Waals surface area (Å²) in [6.07, 6.45) is 2.82. The molecule has 9 unspecified atom stereocenters. The Hall–Kier alpha value is -1.67. The van der Waals surface area contributed by atoms with Crippen molar-refractivity contribution in [1.82, 2.24) is 0 Å². The van der Waals surface area contributed by atoms with Crippen LogP contribution in [0.5, 0.6) is 0 Å². The van der Waals surface area contributed by atoms with Gasteiger partial charge in [-0.25, -0.2) is 13.7 Å². The number of fused-ring (bicyclic) bond motifs is 9. The monoisotopic (exact) mass is 567 g/mol. The molecule has 4 bridgehead atoms. The molecule has 0 spiro atoms. The molecule has 0 aromatic rings. The highest BCUT2D eigenvalue weighted by Gasteiger charge is 2.66. The van der Waals surface area contributed by atoms with Gasteiger partial charge in [-0.05, 0) is 66.6 Å². The van der Waals surface area contributed by atoms with E-state index in [1.54, 1.807) is 0 Å². The van der Waals surface area contributed by atoms with Crippen LogP contribution in [-0.4, -0.2) is 71.5 Å². The minimum atomic E-state index is -3.11.